The van der Waals surface area contributed by atoms with E-state index in [1.54, 1.807) is 41.6 Å². The molecule has 0 aliphatic heterocycles. The molecule has 1 atom stereocenters. The highest BCUT2D eigenvalue weighted by Gasteiger charge is 2.22. The number of ether oxygens (including phenoxy) is 1. The van der Waals surface area contributed by atoms with E-state index in [1.807, 2.05) is 40.7 Å². The summed E-state index contributed by atoms with van der Waals surface area (Å²) in [5.41, 5.74) is 1.05. The van der Waals surface area contributed by atoms with Crippen molar-refractivity contribution in [2.45, 2.75) is 78.8 Å². The molecule has 10 nitrogen and oxygen atoms in total. The number of nitrogens with one attached hydrogen (secondary N) is 3. The molecule has 3 aromatic heterocycles. The van der Waals surface area contributed by atoms with Gasteiger partial charge in [0.2, 0.25) is 0 Å². The monoisotopic (exact) mass is 513 g/mol. The Bertz CT molecular complexity index is 1180. The summed E-state index contributed by atoms with van der Waals surface area (Å²) in [6.07, 6.45) is 8.31. The highest BCUT2D eigenvalue weighted by Crippen LogP contribution is 2.23. The fraction of sp³-hybridized carbons (Fsp3) is 0.556. The SMILES string of the molecule is CC.CC.CCC(COC)n1cccc(Nc2cc(NC)n3ncc(C(=O)NC4CCCC4)c3n2)c1=O. The number of pyridine rings is 1. The Morgan fingerprint density at radius 3 is 2.54 bits per heavy atom. The fourth-order valence-electron chi connectivity index (χ4n) is 4.32. The van der Waals surface area contributed by atoms with Crippen LogP contribution in [0.25, 0.3) is 5.65 Å². The molecule has 4 rings (SSSR count). The van der Waals surface area contributed by atoms with E-state index in [0.29, 0.717) is 35.1 Å². The minimum Gasteiger partial charge on any atom is -0.383 e. The Morgan fingerprint density at radius 1 is 1.22 bits per heavy atom. The van der Waals surface area contributed by atoms with Gasteiger partial charge in [0.05, 0.1) is 18.8 Å². The zero-order valence-corrected chi connectivity index (χ0v) is 23.3. The summed E-state index contributed by atoms with van der Waals surface area (Å²) in [4.78, 5) is 30.6. The predicted octanol–water partition coefficient (Wildman–Crippen LogP) is 5.00. The number of hydrogen-bond acceptors (Lipinski definition) is 7. The number of fused-ring (bicyclic) bond motifs is 1. The molecular weight excluding hydrogens is 470 g/mol. The summed E-state index contributed by atoms with van der Waals surface area (Å²) >= 11 is 0. The number of carbonyl (C=O) groups excluding carboxylic acids is 1. The maximum Gasteiger partial charge on any atom is 0.274 e. The van der Waals surface area contributed by atoms with Gasteiger partial charge >= 0.3 is 0 Å². The molecule has 3 heterocycles. The first-order valence-electron chi connectivity index (χ1n) is 13.4. The van der Waals surface area contributed by atoms with Crippen molar-refractivity contribution in [3.63, 3.8) is 0 Å². The number of anilines is 3. The van der Waals surface area contributed by atoms with Crippen LogP contribution in [0.1, 0.15) is 83.1 Å². The number of hydrogen-bond donors (Lipinski definition) is 3. The third-order valence-electron chi connectivity index (χ3n) is 6.12. The van der Waals surface area contributed by atoms with Gasteiger partial charge in [0.15, 0.2) is 5.65 Å². The maximum absolute atomic E-state index is 13.1. The van der Waals surface area contributed by atoms with E-state index in [9.17, 15) is 9.59 Å². The summed E-state index contributed by atoms with van der Waals surface area (Å²) in [6, 6.07) is 5.42. The van der Waals surface area contributed by atoms with E-state index in [1.165, 1.54) is 6.20 Å². The van der Waals surface area contributed by atoms with Crippen molar-refractivity contribution in [2.75, 3.05) is 31.4 Å². The molecule has 0 bridgehead atoms. The van der Waals surface area contributed by atoms with Gasteiger partial charge in [-0.3, -0.25) is 9.59 Å². The molecule has 0 radical (unpaired) electrons. The van der Waals surface area contributed by atoms with Crippen LogP contribution in [0.15, 0.2) is 35.4 Å². The van der Waals surface area contributed by atoms with Crippen LogP contribution in [-0.2, 0) is 4.74 Å². The van der Waals surface area contributed by atoms with Crippen molar-refractivity contribution in [1.82, 2.24) is 24.5 Å². The minimum atomic E-state index is -0.184. The summed E-state index contributed by atoms with van der Waals surface area (Å²) in [5.74, 6) is 0.900. The van der Waals surface area contributed by atoms with Gasteiger partial charge in [0.25, 0.3) is 11.5 Å². The molecular formula is C27H43N7O3. The third kappa shape index (κ3) is 7.09. The molecule has 37 heavy (non-hydrogen) atoms. The normalized spacial score (nSPS) is 13.7. The number of amides is 1. The molecule has 1 fully saturated rings. The summed E-state index contributed by atoms with van der Waals surface area (Å²) in [5, 5.41) is 13.6. The van der Waals surface area contributed by atoms with Gasteiger partial charge in [-0.2, -0.15) is 9.61 Å². The molecule has 0 aromatic carbocycles. The highest BCUT2D eigenvalue weighted by atomic mass is 16.5. The van der Waals surface area contributed by atoms with E-state index >= 15 is 0 Å². The van der Waals surface area contributed by atoms with Crippen LogP contribution in [0.2, 0.25) is 0 Å². The minimum absolute atomic E-state index is 0.0618. The average molecular weight is 514 g/mol. The zero-order chi connectivity index (χ0) is 27.4. The lowest BCUT2D eigenvalue weighted by atomic mass is 10.2. The molecule has 0 spiro atoms. The molecule has 1 unspecified atom stereocenters. The van der Waals surface area contributed by atoms with Crippen molar-refractivity contribution in [1.29, 1.82) is 0 Å². The Kier molecular flexibility index (Phi) is 12.1. The topological polar surface area (TPSA) is 115 Å². The van der Waals surface area contributed by atoms with Gasteiger partial charge < -0.3 is 25.3 Å². The molecule has 1 aliphatic carbocycles. The second-order valence-electron chi connectivity index (χ2n) is 8.30. The molecule has 3 N–H and O–H groups in total. The van der Waals surface area contributed by atoms with Crippen LogP contribution in [0.3, 0.4) is 0 Å². The van der Waals surface area contributed by atoms with Crippen molar-refractivity contribution in [3.05, 3.63) is 46.5 Å². The number of rotatable bonds is 9. The maximum atomic E-state index is 13.1. The smallest absolute Gasteiger partial charge is 0.274 e. The lowest BCUT2D eigenvalue weighted by molar-refractivity contribution is 0.0939. The van der Waals surface area contributed by atoms with Gasteiger partial charge in [0.1, 0.15) is 22.9 Å². The molecule has 1 amide bonds. The number of aromatic nitrogens is 4. The van der Waals surface area contributed by atoms with E-state index < -0.39 is 0 Å². The zero-order valence-electron chi connectivity index (χ0n) is 23.3. The van der Waals surface area contributed by atoms with Crippen LogP contribution >= 0.6 is 0 Å². The highest BCUT2D eigenvalue weighted by molar-refractivity contribution is 6.00. The largest absolute Gasteiger partial charge is 0.383 e. The summed E-state index contributed by atoms with van der Waals surface area (Å²) < 4.78 is 8.52. The van der Waals surface area contributed by atoms with Crippen molar-refractivity contribution >= 4 is 28.9 Å². The Morgan fingerprint density at radius 2 is 1.92 bits per heavy atom. The van der Waals surface area contributed by atoms with E-state index in [0.717, 1.165) is 32.1 Å². The molecule has 1 saturated carbocycles. The second kappa shape index (κ2) is 15.0. The number of carbonyl (C=O) groups is 1. The Labute approximate surface area is 219 Å². The van der Waals surface area contributed by atoms with Crippen LogP contribution in [-0.4, -0.2) is 51.9 Å². The van der Waals surface area contributed by atoms with Gasteiger partial charge in [-0.25, -0.2) is 4.98 Å². The standard InChI is InChI=1S/C23H31N7O3.2C2H6/c1-4-16(14-33-3)29-11-7-10-18(23(29)32)27-19-12-20(24-2)30-21(28-19)17(13-25-30)22(31)26-15-8-5-6-9-15;2*1-2/h7,10-13,15-16,24H,4-6,8-9,14H2,1-3H3,(H,26,31)(H,27,28);2*1-2H3. The van der Waals surface area contributed by atoms with Crippen LogP contribution < -0.4 is 21.5 Å². The molecule has 3 aromatic rings. The Hall–Kier alpha value is -3.40. The second-order valence-corrected chi connectivity index (χ2v) is 8.30. The van der Waals surface area contributed by atoms with Crippen LogP contribution in [0.4, 0.5) is 17.3 Å². The summed E-state index contributed by atoms with van der Waals surface area (Å²) in [6.45, 7) is 10.5. The predicted molar refractivity (Wildman–Crippen MR) is 150 cm³/mol. The van der Waals surface area contributed by atoms with E-state index in [-0.39, 0.29) is 23.6 Å². The first-order valence-corrected chi connectivity index (χ1v) is 13.4. The van der Waals surface area contributed by atoms with Gasteiger partial charge in [-0.05, 0) is 31.4 Å². The van der Waals surface area contributed by atoms with Crippen LogP contribution in [0.5, 0.6) is 0 Å². The first-order chi connectivity index (χ1) is 18.0. The summed E-state index contributed by atoms with van der Waals surface area (Å²) in [7, 11) is 3.39. The molecule has 10 heteroatoms. The van der Waals surface area contributed by atoms with Gasteiger partial charge in [-0.1, -0.05) is 47.5 Å². The molecule has 0 saturated heterocycles. The number of methoxy groups -OCH3 is 1. The lowest BCUT2D eigenvalue weighted by Crippen LogP contribution is -2.32. The quantitative estimate of drug-likeness (QED) is 0.369. The first kappa shape index (κ1) is 29.8. The van der Waals surface area contributed by atoms with E-state index in [2.05, 4.69) is 26.0 Å². The Balaban J connectivity index is 0.00000115. The van der Waals surface area contributed by atoms with Crippen molar-refractivity contribution < 1.29 is 9.53 Å². The third-order valence-corrected chi connectivity index (χ3v) is 6.12. The van der Waals surface area contributed by atoms with E-state index in [4.69, 9.17) is 4.74 Å². The molecule has 204 valence electrons. The van der Waals surface area contributed by atoms with Gasteiger partial charge in [-0.15, -0.1) is 0 Å². The lowest BCUT2D eigenvalue weighted by Gasteiger charge is -2.18. The molecule has 1 aliphatic rings. The van der Waals surface area contributed by atoms with Gasteiger partial charge in [0, 0.05) is 32.5 Å². The number of nitrogens with zero attached hydrogens (tertiary/aromatic N) is 4. The average Bonchev–Trinajstić information content (AvgIpc) is 3.60. The fourth-order valence-corrected chi connectivity index (χ4v) is 4.32. The van der Waals surface area contributed by atoms with Crippen molar-refractivity contribution in [2.24, 2.45) is 0 Å². The van der Waals surface area contributed by atoms with Crippen molar-refractivity contribution in [3.8, 4) is 0 Å². The van der Waals surface area contributed by atoms with Crippen LogP contribution in [0, 0.1) is 0 Å².